The average Bonchev–Trinajstić information content (AvgIpc) is 2.98. The summed E-state index contributed by atoms with van der Waals surface area (Å²) < 4.78 is 16.5. The van der Waals surface area contributed by atoms with E-state index < -0.39 is 0 Å². The van der Waals surface area contributed by atoms with Crippen molar-refractivity contribution in [1.29, 1.82) is 0 Å². The Hall–Kier alpha value is -4.30. The maximum atomic E-state index is 15.0. The van der Waals surface area contributed by atoms with E-state index in [2.05, 4.69) is 41.3 Å². The Morgan fingerprint density at radius 2 is 1.72 bits per heavy atom. The van der Waals surface area contributed by atoms with Crippen LogP contribution in [0.4, 0.5) is 21.6 Å². The van der Waals surface area contributed by atoms with Gasteiger partial charge in [0.2, 0.25) is 0 Å². The Kier molecular flexibility index (Phi) is 8.78. The third-order valence-electron chi connectivity index (χ3n) is 8.10. The lowest BCUT2D eigenvalue weighted by atomic mass is 9.86. The maximum absolute atomic E-state index is 15.0. The van der Waals surface area contributed by atoms with Crippen LogP contribution in [-0.4, -0.2) is 33.4 Å². The molecule has 0 radical (unpaired) electrons. The number of aromatic nitrogens is 2. The van der Waals surface area contributed by atoms with Crippen LogP contribution in [-0.2, 0) is 19.0 Å². The molecule has 3 aromatic carbocycles. The number of halogens is 1. The first-order valence-electron chi connectivity index (χ1n) is 14.9. The van der Waals surface area contributed by atoms with Crippen LogP contribution in [0.25, 0.3) is 11.3 Å². The van der Waals surface area contributed by atoms with Crippen molar-refractivity contribution in [3.05, 3.63) is 105 Å². The third-order valence-corrected chi connectivity index (χ3v) is 8.10. The average molecular weight is 582 g/mol. The normalized spacial score (nSPS) is 14.0. The van der Waals surface area contributed by atoms with Crippen LogP contribution >= 0.6 is 0 Å². The summed E-state index contributed by atoms with van der Waals surface area (Å²) in [6, 6.07) is 18.2. The van der Waals surface area contributed by atoms with Gasteiger partial charge in [0.25, 0.3) is 11.5 Å². The molecule has 7 nitrogen and oxygen atoms in total. The van der Waals surface area contributed by atoms with Crippen LogP contribution in [0.2, 0.25) is 0 Å². The highest BCUT2D eigenvalue weighted by molar-refractivity contribution is 6.05. The third kappa shape index (κ3) is 7.03. The molecule has 43 heavy (non-hydrogen) atoms. The van der Waals surface area contributed by atoms with E-state index in [1.165, 1.54) is 17.1 Å². The molecule has 1 aliphatic rings. The van der Waals surface area contributed by atoms with Crippen molar-refractivity contribution < 1.29 is 9.18 Å². The minimum Gasteiger partial charge on any atom is -0.335 e. The number of hydrogen-bond donors (Lipinski definition) is 2. The highest BCUT2D eigenvalue weighted by Gasteiger charge is 2.18. The van der Waals surface area contributed by atoms with Gasteiger partial charge in [-0.3, -0.25) is 14.5 Å². The number of aryl methyl sites for hydroxylation is 1. The number of nitrogens with one attached hydrogen (secondary N) is 2. The second-order valence-electron chi connectivity index (χ2n) is 12.4. The largest absolute Gasteiger partial charge is 0.335 e. The van der Waals surface area contributed by atoms with Crippen LogP contribution in [0.5, 0.6) is 0 Å². The minimum absolute atomic E-state index is 0.000872. The van der Waals surface area contributed by atoms with E-state index in [0.29, 0.717) is 34.7 Å². The number of amides is 1. The molecule has 1 saturated heterocycles. The van der Waals surface area contributed by atoms with Crippen molar-refractivity contribution in [2.75, 3.05) is 23.7 Å². The van der Waals surface area contributed by atoms with Crippen molar-refractivity contribution >= 4 is 23.1 Å². The van der Waals surface area contributed by atoms with E-state index in [-0.39, 0.29) is 28.5 Å². The molecular formula is C35H40FN5O2. The van der Waals surface area contributed by atoms with Gasteiger partial charge < -0.3 is 15.2 Å². The molecule has 0 unspecified atom stereocenters. The van der Waals surface area contributed by atoms with Gasteiger partial charge in [-0.2, -0.15) is 0 Å². The molecule has 0 aliphatic carbocycles. The van der Waals surface area contributed by atoms with Gasteiger partial charge in [0, 0.05) is 47.9 Å². The quantitative estimate of drug-likeness (QED) is 0.242. The van der Waals surface area contributed by atoms with Gasteiger partial charge in [0.1, 0.15) is 5.82 Å². The SMILES string of the molecule is Cc1c(NC(=O)c2ccc(C(C)(C)C)cc2)cccc1-c1cn(C)c(=O)c(Nc2ccc(CN3CCCCC3)c(F)c2)n1. The smallest absolute Gasteiger partial charge is 0.293 e. The van der Waals surface area contributed by atoms with Gasteiger partial charge in [-0.1, -0.05) is 57.5 Å². The van der Waals surface area contributed by atoms with Crippen LogP contribution in [0.3, 0.4) is 0 Å². The van der Waals surface area contributed by atoms with E-state index >= 15 is 4.39 Å². The summed E-state index contributed by atoms with van der Waals surface area (Å²) in [6.07, 6.45) is 5.18. The summed E-state index contributed by atoms with van der Waals surface area (Å²) in [7, 11) is 1.66. The Bertz CT molecular complexity index is 1680. The molecule has 5 rings (SSSR count). The van der Waals surface area contributed by atoms with Crippen LogP contribution < -0.4 is 16.2 Å². The van der Waals surface area contributed by atoms with Crippen molar-refractivity contribution in [3.63, 3.8) is 0 Å². The Morgan fingerprint density at radius 1 is 1.00 bits per heavy atom. The molecule has 1 aliphatic heterocycles. The number of carbonyl (C=O) groups excluding carboxylic acids is 1. The first kappa shape index (κ1) is 30.2. The summed E-state index contributed by atoms with van der Waals surface area (Å²) in [6.45, 7) is 10.9. The molecule has 0 bridgehead atoms. The van der Waals surface area contributed by atoms with Crippen LogP contribution in [0, 0.1) is 12.7 Å². The van der Waals surface area contributed by atoms with Gasteiger partial charge in [-0.05, 0) is 79.7 Å². The van der Waals surface area contributed by atoms with E-state index in [1.807, 2.05) is 49.4 Å². The molecule has 1 fully saturated rings. The van der Waals surface area contributed by atoms with E-state index in [9.17, 15) is 9.59 Å². The van der Waals surface area contributed by atoms with Gasteiger partial charge >= 0.3 is 0 Å². The lowest BCUT2D eigenvalue weighted by Gasteiger charge is -2.26. The molecule has 4 aromatic rings. The molecule has 224 valence electrons. The summed E-state index contributed by atoms with van der Waals surface area (Å²) in [4.78, 5) is 33.0. The predicted molar refractivity (Wildman–Crippen MR) is 172 cm³/mol. The molecule has 2 heterocycles. The molecule has 2 N–H and O–H groups in total. The lowest BCUT2D eigenvalue weighted by molar-refractivity contribution is 0.102. The lowest BCUT2D eigenvalue weighted by Crippen LogP contribution is -2.29. The number of benzene rings is 3. The molecular weight excluding hydrogens is 541 g/mol. The fourth-order valence-corrected chi connectivity index (χ4v) is 5.43. The standard InChI is InChI=1S/C35H40FN5O2/c1-23-28(10-9-11-30(23)39-33(42)24-12-15-26(16-13-24)35(2,3)4)31-22-40(5)34(43)32(38-31)37-27-17-14-25(29(36)20-27)21-41-18-7-6-8-19-41/h9-17,20,22H,6-8,18-19,21H2,1-5H3,(H,37,38)(H,39,42). The first-order chi connectivity index (χ1) is 20.5. The van der Waals surface area contributed by atoms with Crippen LogP contribution in [0.15, 0.2) is 71.7 Å². The predicted octanol–water partition coefficient (Wildman–Crippen LogP) is 7.17. The van der Waals surface area contributed by atoms with Crippen molar-refractivity contribution in [3.8, 4) is 11.3 Å². The monoisotopic (exact) mass is 581 g/mol. The zero-order chi connectivity index (χ0) is 30.7. The molecule has 0 spiro atoms. The fraction of sp³-hybridized carbons (Fsp3) is 0.343. The Morgan fingerprint density at radius 3 is 2.40 bits per heavy atom. The van der Waals surface area contributed by atoms with Crippen molar-refractivity contribution in [1.82, 2.24) is 14.5 Å². The number of nitrogens with zero attached hydrogens (tertiary/aromatic N) is 3. The van der Waals surface area contributed by atoms with Crippen molar-refractivity contribution in [2.24, 2.45) is 7.05 Å². The number of carbonyl (C=O) groups is 1. The number of likely N-dealkylation sites (tertiary alicyclic amines) is 1. The second kappa shape index (κ2) is 12.5. The van der Waals surface area contributed by atoms with E-state index in [1.54, 1.807) is 25.4 Å². The zero-order valence-electron chi connectivity index (χ0n) is 25.6. The molecule has 8 heteroatoms. The number of hydrogen-bond acceptors (Lipinski definition) is 5. The number of anilines is 3. The second-order valence-corrected chi connectivity index (χ2v) is 12.4. The highest BCUT2D eigenvalue weighted by atomic mass is 19.1. The van der Waals surface area contributed by atoms with Gasteiger partial charge in [0.05, 0.1) is 5.69 Å². The Balaban J connectivity index is 1.36. The van der Waals surface area contributed by atoms with Crippen LogP contribution in [0.1, 0.15) is 67.1 Å². The van der Waals surface area contributed by atoms with Gasteiger partial charge in [-0.25, -0.2) is 9.37 Å². The first-order valence-corrected chi connectivity index (χ1v) is 14.9. The van der Waals surface area contributed by atoms with Gasteiger partial charge in [-0.15, -0.1) is 0 Å². The maximum Gasteiger partial charge on any atom is 0.293 e. The summed E-state index contributed by atoms with van der Waals surface area (Å²) in [5.41, 5.74) is 5.27. The zero-order valence-corrected chi connectivity index (χ0v) is 25.6. The van der Waals surface area contributed by atoms with Gasteiger partial charge in [0.15, 0.2) is 5.82 Å². The molecule has 0 saturated carbocycles. The van der Waals surface area contributed by atoms with E-state index in [0.717, 1.165) is 42.6 Å². The molecule has 1 amide bonds. The van der Waals surface area contributed by atoms with E-state index in [4.69, 9.17) is 0 Å². The summed E-state index contributed by atoms with van der Waals surface area (Å²) >= 11 is 0. The Labute approximate surface area is 252 Å². The highest BCUT2D eigenvalue weighted by Crippen LogP contribution is 2.29. The summed E-state index contributed by atoms with van der Waals surface area (Å²) in [5, 5.41) is 6.05. The number of rotatable bonds is 7. The number of piperidine rings is 1. The molecule has 1 aromatic heterocycles. The fourth-order valence-electron chi connectivity index (χ4n) is 5.43. The topological polar surface area (TPSA) is 79.3 Å². The van der Waals surface area contributed by atoms with Crippen molar-refractivity contribution in [2.45, 2.75) is 58.9 Å². The summed E-state index contributed by atoms with van der Waals surface area (Å²) in [5.74, 6) is -0.422. The molecule has 0 atom stereocenters. The minimum atomic E-state index is -0.331.